The normalized spacial score (nSPS) is 17.0. The van der Waals surface area contributed by atoms with E-state index in [9.17, 15) is 9.18 Å². The van der Waals surface area contributed by atoms with Crippen molar-refractivity contribution in [1.29, 1.82) is 0 Å². The van der Waals surface area contributed by atoms with Crippen molar-refractivity contribution in [1.82, 2.24) is 5.32 Å². The summed E-state index contributed by atoms with van der Waals surface area (Å²) < 4.78 is 27.4. The van der Waals surface area contributed by atoms with E-state index >= 15 is 0 Å². The molecule has 1 amide bonds. The predicted molar refractivity (Wildman–Crippen MR) is 177 cm³/mol. The molecule has 2 N–H and O–H groups in total. The van der Waals surface area contributed by atoms with Gasteiger partial charge in [-0.3, -0.25) is 4.79 Å². The molecule has 5 rings (SSSR count). The molecule has 2 atom stereocenters. The Morgan fingerprint density at radius 1 is 1.02 bits per heavy atom. The minimum atomic E-state index is -1.49. The molecule has 1 aliphatic rings. The summed E-state index contributed by atoms with van der Waals surface area (Å²) in [5.41, 5.74) is 10.9. The number of azide groups is 1. The van der Waals surface area contributed by atoms with Gasteiger partial charge in [-0.05, 0) is 65.0 Å². The van der Waals surface area contributed by atoms with E-state index in [1.54, 1.807) is 30.3 Å². The molecule has 0 spiro atoms. The maximum Gasteiger partial charge on any atom is 0.252 e. The Labute approximate surface area is 274 Å². The number of halogens is 2. The molecule has 0 saturated heterocycles. The Morgan fingerprint density at radius 2 is 1.72 bits per heavy atom. The van der Waals surface area contributed by atoms with Crippen LogP contribution in [0.1, 0.15) is 40.3 Å². The van der Waals surface area contributed by atoms with Gasteiger partial charge in [0, 0.05) is 46.5 Å². The summed E-state index contributed by atoms with van der Waals surface area (Å²) in [6.07, 6.45) is 0.0881. The number of ether oxygens (including phenoxy) is 2. The molecule has 0 aliphatic carbocycles. The molecule has 1 aliphatic heterocycles. The Morgan fingerprint density at radius 3 is 2.43 bits per heavy atom. The number of benzene rings is 4. The fourth-order valence-corrected chi connectivity index (χ4v) is 5.89. The fourth-order valence-electron chi connectivity index (χ4n) is 5.39. The minimum absolute atomic E-state index is 0.0373. The van der Waals surface area contributed by atoms with Gasteiger partial charge in [-0.15, -0.1) is 0 Å². The summed E-state index contributed by atoms with van der Waals surface area (Å²) in [6.45, 7) is 0.695. The number of aliphatic hydroxyl groups excluding tert-OH is 1. The molecule has 0 bridgehead atoms. The van der Waals surface area contributed by atoms with E-state index in [4.69, 9.17) is 25.1 Å². The zero-order valence-corrected chi connectivity index (χ0v) is 26.6. The third kappa shape index (κ3) is 7.56. The lowest BCUT2D eigenvalue weighted by molar-refractivity contribution is -0.128. The quantitative estimate of drug-likeness (QED) is 0.0640. The highest BCUT2D eigenvalue weighted by molar-refractivity contribution is 9.10. The molecular formula is C35H33BrFN5O4. The van der Waals surface area contributed by atoms with Crippen LogP contribution in [0.25, 0.3) is 10.4 Å². The Balaban J connectivity index is 1.57. The van der Waals surface area contributed by atoms with Gasteiger partial charge in [-0.25, -0.2) is 9.38 Å². The van der Waals surface area contributed by atoms with Crippen molar-refractivity contribution in [3.8, 4) is 5.75 Å². The Bertz CT molecular complexity index is 1750. The predicted octanol–water partition coefficient (Wildman–Crippen LogP) is 7.02. The van der Waals surface area contributed by atoms with Crippen LogP contribution >= 0.6 is 15.9 Å². The monoisotopic (exact) mass is 685 g/mol. The van der Waals surface area contributed by atoms with Gasteiger partial charge in [0.15, 0.2) is 11.6 Å². The number of hydrogen-bond acceptors (Lipinski definition) is 6. The fraction of sp³-hybridized carbons (Fsp3) is 0.257. The summed E-state index contributed by atoms with van der Waals surface area (Å²) in [4.78, 5) is 22.5. The molecule has 0 aromatic heterocycles. The summed E-state index contributed by atoms with van der Waals surface area (Å²) >= 11 is 3.65. The molecule has 236 valence electrons. The second-order valence-electron chi connectivity index (χ2n) is 10.7. The summed E-state index contributed by atoms with van der Waals surface area (Å²) in [5, 5.41) is 15.9. The summed E-state index contributed by atoms with van der Waals surface area (Å²) in [6, 6.07) is 28.7. The smallest absolute Gasteiger partial charge is 0.252 e. The molecule has 4 aromatic rings. The highest BCUT2D eigenvalue weighted by Crippen LogP contribution is 2.45. The van der Waals surface area contributed by atoms with Crippen LogP contribution in [0.5, 0.6) is 5.75 Å². The number of hydrogen-bond donors (Lipinski definition) is 2. The van der Waals surface area contributed by atoms with Crippen LogP contribution in [-0.2, 0) is 28.9 Å². The first kappa shape index (κ1) is 32.7. The van der Waals surface area contributed by atoms with Gasteiger partial charge in [-0.2, -0.15) is 0 Å². The van der Waals surface area contributed by atoms with Crippen molar-refractivity contribution in [3.05, 3.63) is 146 Å². The van der Waals surface area contributed by atoms with Gasteiger partial charge in [0.25, 0.3) is 5.91 Å². The first-order valence-electron chi connectivity index (χ1n) is 14.9. The second-order valence-corrected chi connectivity index (χ2v) is 11.6. The molecule has 9 nitrogen and oxygen atoms in total. The van der Waals surface area contributed by atoms with Crippen LogP contribution in [0, 0.1) is 5.82 Å². The number of aliphatic hydroxyl groups is 1. The number of aliphatic imine (C=N–C) groups is 1. The molecule has 0 fully saturated rings. The number of nitrogens with zero attached hydrogens (tertiary/aromatic N) is 4. The minimum Gasteiger partial charge on any atom is -0.494 e. The lowest BCUT2D eigenvalue weighted by atomic mass is 9.81. The van der Waals surface area contributed by atoms with Gasteiger partial charge < -0.3 is 19.9 Å². The number of rotatable bonds is 14. The van der Waals surface area contributed by atoms with E-state index in [-0.39, 0.29) is 50.2 Å². The lowest BCUT2D eigenvalue weighted by Crippen LogP contribution is -2.50. The molecule has 11 heteroatoms. The van der Waals surface area contributed by atoms with E-state index in [1.165, 1.54) is 6.07 Å². The maximum absolute atomic E-state index is 14.5. The summed E-state index contributed by atoms with van der Waals surface area (Å²) in [7, 11) is 0. The highest BCUT2D eigenvalue weighted by Gasteiger charge is 2.54. The second kappa shape index (κ2) is 15.5. The molecule has 0 saturated carbocycles. The molecule has 46 heavy (non-hydrogen) atoms. The van der Waals surface area contributed by atoms with Gasteiger partial charge in [0.2, 0.25) is 5.90 Å². The van der Waals surface area contributed by atoms with Crippen LogP contribution < -0.4 is 10.1 Å². The van der Waals surface area contributed by atoms with Gasteiger partial charge in [0.1, 0.15) is 11.6 Å². The highest BCUT2D eigenvalue weighted by atomic mass is 79.9. The number of nitrogens with one attached hydrogen (secondary N) is 1. The van der Waals surface area contributed by atoms with Crippen molar-refractivity contribution >= 4 is 27.7 Å². The van der Waals surface area contributed by atoms with Crippen LogP contribution in [0.15, 0.2) is 112 Å². The van der Waals surface area contributed by atoms with Crippen LogP contribution in [0.2, 0.25) is 0 Å². The number of carbonyl (C=O) groups excluding carboxylic acids is 1. The molecule has 4 aromatic carbocycles. The SMILES string of the molecule is [N-]=[N+]=NCc1ccccc1C[C@@]1(C(=O)NCCc2ccccc2F)N=C(c2ccc(OCCCO)cc2)O[C@@H]1c1ccccc1Br. The summed E-state index contributed by atoms with van der Waals surface area (Å²) in [5.74, 6) is 0.182. The Kier molecular flexibility index (Phi) is 11.0. The van der Waals surface area contributed by atoms with Gasteiger partial charge >= 0.3 is 0 Å². The average molecular weight is 687 g/mol. The molecule has 0 unspecified atom stereocenters. The topological polar surface area (TPSA) is 129 Å². The standard InChI is InChI=1S/C35H33BrFN5O4/c36-30-12-5-4-11-29(30)32-35(22-26-9-1-2-10-27(26)23-40-42-38,34(44)39-19-18-24-8-3-6-13-31(24)37)41-33(46-32)25-14-16-28(17-15-25)45-21-7-20-43/h1-6,8-17,32,43H,7,18-23H2,(H,39,44)/t32-,35-/m1/s1. The third-order valence-corrected chi connectivity index (χ3v) is 8.46. The zero-order valence-electron chi connectivity index (χ0n) is 25.0. The van der Waals surface area contributed by atoms with E-state index < -0.39 is 11.6 Å². The molecule has 1 heterocycles. The maximum atomic E-state index is 14.5. The van der Waals surface area contributed by atoms with Crippen LogP contribution in [0.4, 0.5) is 4.39 Å². The van der Waals surface area contributed by atoms with Crippen molar-refractivity contribution < 1.29 is 23.8 Å². The van der Waals surface area contributed by atoms with Gasteiger partial charge in [-0.1, -0.05) is 81.7 Å². The van der Waals surface area contributed by atoms with Crippen molar-refractivity contribution in [3.63, 3.8) is 0 Å². The number of amides is 1. The largest absolute Gasteiger partial charge is 0.494 e. The van der Waals surface area contributed by atoms with E-state index in [0.717, 1.165) is 21.2 Å². The van der Waals surface area contributed by atoms with Crippen molar-refractivity contribution in [2.75, 3.05) is 19.8 Å². The Hall–Kier alpha value is -4.70. The first-order chi connectivity index (χ1) is 22.4. The van der Waals surface area contributed by atoms with E-state index in [1.807, 2.05) is 60.7 Å². The van der Waals surface area contributed by atoms with E-state index in [2.05, 4.69) is 31.3 Å². The average Bonchev–Trinajstić information content (AvgIpc) is 3.46. The van der Waals surface area contributed by atoms with Crippen LogP contribution in [0.3, 0.4) is 0 Å². The van der Waals surface area contributed by atoms with Crippen LogP contribution in [-0.4, -0.2) is 42.2 Å². The first-order valence-corrected chi connectivity index (χ1v) is 15.7. The molecule has 0 radical (unpaired) electrons. The van der Waals surface area contributed by atoms with Crippen molar-refractivity contribution in [2.45, 2.75) is 37.5 Å². The van der Waals surface area contributed by atoms with Crippen molar-refractivity contribution in [2.24, 2.45) is 10.1 Å². The van der Waals surface area contributed by atoms with E-state index in [0.29, 0.717) is 29.9 Å². The number of carbonyl (C=O) groups is 1. The third-order valence-electron chi connectivity index (χ3n) is 7.74. The van der Waals surface area contributed by atoms with Gasteiger partial charge in [0.05, 0.1) is 13.2 Å². The zero-order chi connectivity index (χ0) is 32.4. The molecular weight excluding hydrogens is 653 g/mol. The lowest BCUT2D eigenvalue weighted by Gasteiger charge is -2.32.